The summed E-state index contributed by atoms with van der Waals surface area (Å²) in [6, 6.07) is -3.52. The maximum atomic E-state index is 12.8. The third kappa shape index (κ3) is 6.78. The van der Waals surface area contributed by atoms with E-state index in [1.54, 1.807) is 6.20 Å². The molecule has 1 aliphatic rings. The van der Waals surface area contributed by atoms with Gasteiger partial charge in [0.05, 0.1) is 12.4 Å². The smallest absolute Gasteiger partial charge is 0.326 e. The molecule has 31 heavy (non-hydrogen) atoms. The first-order chi connectivity index (χ1) is 14.6. The molecule has 0 unspecified atom stereocenters. The van der Waals surface area contributed by atoms with E-state index in [2.05, 4.69) is 20.6 Å². The van der Waals surface area contributed by atoms with E-state index in [0.29, 0.717) is 19.4 Å². The monoisotopic (exact) mass is 436 g/mol. The van der Waals surface area contributed by atoms with E-state index < -0.39 is 42.0 Å². The first-order valence-electron chi connectivity index (χ1n) is 10.5. The SMILES string of the molecule is CC(C)C[C@H](NC(=O)[C@H](C)NC(=O)[C@@H]1CCCN1C(=O)[C@@H](N)Cc1cnc[nH]1)C(=O)O. The zero-order valence-corrected chi connectivity index (χ0v) is 18.1. The second-order valence-electron chi connectivity index (χ2n) is 8.34. The highest BCUT2D eigenvalue weighted by atomic mass is 16.4. The van der Waals surface area contributed by atoms with Crippen molar-refractivity contribution >= 4 is 23.7 Å². The minimum Gasteiger partial charge on any atom is -0.480 e. The molecule has 1 aromatic rings. The summed E-state index contributed by atoms with van der Waals surface area (Å²) >= 11 is 0. The normalized spacial score (nSPS) is 19.0. The number of imidazole rings is 1. The van der Waals surface area contributed by atoms with Gasteiger partial charge in [0.2, 0.25) is 17.7 Å². The number of nitrogens with one attached hydrogen (secondary N) is 3. The lowest BCUT2D eigenvalue weighted by Gasteiger charge is -2.28. The van der Waals surface area contributed by atoms with Gasteiger partial charge < -0.3 is 31.4 Å². The Bertz CT molecular complexity index is 781. The summed E-state index contributed by atoms with van der Waals surface area (Å²) in [6.07, 6.45) is 4.76. The van der Waals surface area contributed by atoms with E-state index in [0.717, 1.165) is 5.69 Å². The fourth-order valence-electron chi connectivity index (χ4n) is 3.60. The third-order valence-electron chi connectivity index (χ3n) is 5.22. The molecule has 3 amide bonds. The van der Waals surface area contributed by atoms with Crippen molar-refractivity contribution in [2.75, 3.05) is 6.54 Å². The van der Waals surface area contributed by atoms with Gasteiger partial charge in [0.1, 0.15) is 18.1 Å². The second-order valence-corrected chi connectivity index (χ2v) is 8.34. The van der Waals surface area contributed by atoms with Gasteiger partial charge in [-0.05, 0) is 32.1 Å². The maximum Gasteiger partial charge on any atom is 0.326 e. The van der Waals surface area contributed by atoms with E-state index in [9.17, 15) is 24.3 Å². The molecule has 1 aromatic heterocycles. The van der Waals surface area contributed by atoms with Crippen LogP contribution in [0.1, 0.15) is 45.7 Å². The van der Waals surface area contributed by atoms with Crippen LogP contribution in [-0.2, 0) is 25.6 Å². The average Bonchev–Trinajstić information content (AvgIpc) is 3.38. The van der Waals surface area contributed by atoms with Crippen LogP contribution >= 0.6 is 0 Å². The molecule has 1 saturated heterocycles. The van der Waals surface area contributed by atoms with Crippen LogP contribution in [0, 0.1) is 5.92 Å². The molecule has 11 heteroatoms. The van der Waals surface area contributed by atoms with Crippen LogP contribution in [-0.4, -0.2) is 74.4 Å². The lowest BCUT2D eigenvalue weighted by molar-refractivity contribution is -0.143. The molecule has 4 atom stereocenters. The van der Waals surface area contributed by atoms with Crippen molar-refractivity contribution in [3.8, 4) is 0 Å². The largest absolute Gasteiger partial charge is 0.480 e. The van der Waals surface area contributed by atoms with Gasteiger partial charge in [-0.25, -0.2) is 9.78 Å². The number of hydrogen-bond acceptors (Lipinski definition) is 6. The molecule has 1 fully saturated rings. The minimum absolute atomic E-state index is 0.0790. The molecule has 2 heterocycles. The van der Waals surface area contributed by atoms with Crippen molar-refractivity contribution in [1.82, 2.24) is 25.5 Å². The van der Waals surface area contributed by atoms with Gasteiger partial charge in [0, 0.05) is 24.9 Å². The van der Waals surface area contributed by atoms with Crippen molar-refractivity contribution in [2.24, 2.45) is 11.7 Å². The third-order valence-corrected chi connectivity index (χ3v) is 5.22. The van der Waals surface area contributed by atoms with Gasteiger partial charge in [-0.1, -0.05) is 13.8 Å². The Hall–Kier alpha value is -2.95. The highest BCUT2D eigenvalue weighted by Gasteiger charge is 2.37. The van der Waals surface area contributed by atoms with Gasteiger partial charge in [0.25, 0.3) is 0 Å². The molecular weight excluding hydrogens is 404 g/mol. The molecule has 1 aliphatic heterocycles. The summed E-state index contributed by atoms with van der Waals surface area (Å²) in [6.45, 7) is 5.60. The number of carbonyl (C=O) groups excluding carboxylic acids is 3. The van der Waals surface area contributed by atoms with Crippen LogP contribution in [0.2, 0.25) is 0 Å². The number of nitrogens with zero attached hydrogens (tertiary/aromatic N) is 2. The van der Waals surface area contributed by atoms with Crippen LogP contribution in [0.3, 0.4) is 0 Å². The van der Waals surface area contributed by atoms with E-state index >= 15 is 0 Å². The molecule has 0 aliphatic carbocycles. The molecule has 0 saturated carbocycles. The summed E-state index contributed by atoms with van der Waals surface area (Å²) < 4.78 is 0. The molecule has 11 nitrogen and oxygen atoms in total. The summed E-state index contributed by atoms with van der Waals surface area (Å²) in [5.74, 6) is -2.44. The van der Waals surface area contributed by atoms with Gasteiger partial charge in [0.15, 0.2) is 0 Å². The van der Waals surface area contributed by atoms with Crippen LogP contribution in [0.15, 0.2) is 12.5 Å². The van der Waals surface area contributed by atoms with Gasteiger partial charge in [-0.15, -0.1) is 0 Å². The number of carbonyl (C=O) groups is 4. The molecule has 0 aromatic carbocycles. The van der Waals surface area contributed by atoms with Crippen LogP contribution < -0.4 is 16.4 Å². The van der Waals surface area contributed by atoms with E-state index in [1.807, 2.05) is 13.8 Å². The maximum absolute atomic E-state index is 12.8. The summed E-state index contributed by atoms with van der Waals surface area (Å²) in [7, 11) is 0. The molecule has 0 spiro atoms. The molecule has 172 valence electrons. The number of likely N-dealkylation sites (tertiary alicyclic amines) is 1. The fraction of sp³-hybridized carbons (Fsp3) is 0.650. The van der Waals surface area contributed by atoms with Crippen molar-refractivity contribution in [2.45, 2.75) is 70.6 Å². The predicted octanol–water partition coefficient (Wildman–Crippen LogP) is -0.609. The number of carboxylic acids is 1. The highest BCUT2D eigenvalue weighted by Crippen LogP contribution is 2.19. The number of aliphatic carboxylic acids is 1. The van der Waals surface area contributed by atoms with Crippen molar-refractivity contribution in [1.29, 1.82) is 0 Å². The summed E-state index contributed by atoms with van der Waals surface area (Å²) in [5, 5.41) is 14.3. The Morgan fingerprint density at radius 1 is 1.29 bits per heavy atom. The van der Waals surface area contributed by atoms with E-state index in [4.69, 9.17) is 5.73 Å². The van der Waals surface area contributed by atoms with Gasteiger partial charge in [-0.3, -0.25) is 14.4 Å². The summed E-state index contributed by atoms with van der Waals surface area (Å²) in [4.78, 5) is 57.5. The van der Waals surface area contributed by atoms with E-state index in [-0.39, 0.29) is 24.7 Å². The average molecular weight is 437 g/mol. The lowest BCUT2D eigenvalue weighted by Crippen LogP contribution is -2.56. The lowest BCUT2D eigenvalue weighted by atomic mass is 10.0. The molecular formula is C20H32N6O5. The molecule has 2 rings (SSSR count). The van der Waals surface area contributed by atoms with Crippen molar-refractivity contribution < 1.29 is 24.3 Å². The number of aromatic nitrogens is 2. The fourth-order valence-corrected chi connectivity index (χ4v) is 3.60. The highest BCUT2D eigenvalue weighted by molar-refractivity contribution is 5.94. The van der Waals surface area contributed by atoms with Crippen LogP contribution in [0.25, 0.3) is 0 Å². The van der Waals surface area contributed by atoms with Crippen molar-refractivity contribution in [3.05, 3.63) is 18.2 Å². The first kappa shape index (κ1) is 24.3. The van der Waals surface area contributed by atoms with Crippen LogP contribution in [0.5, 0.6) is 0 Å². The first-order valence-corrected chi connectivity index (χ1v) is 10.5. The van der Waals surface area contributed by atoms with Gasteiger partial charge in [-0.2, -0.15) is 0 Å². The Kier molecular flexibility index (Phi) is 8.55. The Morgan fingerprint density at radius 2 is 2.00 bits per heavy atom. The topological polar surface area (TPSA) is 171 Å². The van der Waals surface area contributed by atoms with Crippen molar-refractivity contribution in [3.63, 3.8) is 0 Å². The number of carboxylic acid groups (broad SMARTS) is 1. The number of aromatic amines is 1. The molecule has 6 N–H and O–H groups in total. The number of H-pyrrole nitrogens is 1. The van der Waals surface area contributed by atoms with E-state index in [1.165, 1.54) is 18.2 Å². The Morgan fingerprint density at radius 3 is 2.58 bits per heavy atom. The zero-order chi connectivity index (χ0) is 23.1. The van der Waals surface area contributed by atoms with Crippen LogP contribution in [0.4, 0.5) is 0 Å². The second kappa shape index (κ2) is 10.9. The number of nitrogens with two attached hydrogens (primary N) is 1. The summed E-state index contributed by atoms with van der Waals surface area (Å²) in [5.41, 5.74) is 6.76. The Balaban J connectivity index is 1.94. The minimum atomic E-state index is -1.13. The van der Waals surface area contributed by atoms with Gasteiger partial charge >= 0.3 is 5.97 Å². The molecule has 0 bridgehead atoms. The quantitative estimate of drug-likeness (QED) is 0.326. The Labute approximate surface area is 181 Å². The standard InChI is InChI=1S/C20H32N6O5/c1-11(2)7-15(20(30)31)25-17(27)12(3)24-18(28)16-5-4-6-26(16)19(29)14(21)8-13-9-22-10-23-13/h9-12,14-16H,4-8,21H2,1-3H3,(H,22,23)(H,24,28)(H,25,27)(H,30,31)/t12-,14-,15-,16-/m0/s1. The predicted molar refractivity (Wildman–Crippen MR) is 112 cm³/mol. The zero-order valence-electron chi connectivity index (χ0n) is 18.1. The number of hydrogen-bond donors (Lipinski definition) is 5. The molecule has 0 radical (unpaired) electrons. The number of amides is 3. The number of rotatable bonds is 10.